The molecule has 132 valence electrons. The quantitative estimate of drug-likeness (QED) is 0.858. The van der Waals surface area contributed by atoms with E-state index in [2.05, 4.69) is 31.9 Å². The fraction of sp³-hybridized carbons (Fsp3) is 0.529. The molecule has 0 saturated heterocycles. The zero-order valence-electron chi connectivity index (χ0n) is 14.0. The number of nitrogens with one attached hydrogen (secondary N) is 2. The van der Waals surface area contributed by atoms with Crippen LogP contribution in [0.3, 0.4) is 0 Å². The van der Waals surface area contributed by atoms with Crippen LogP contribution >= 0.6 is 11.3 Å². The molecule has 0 aromatic carbocycles. The van der Waals surface area contributed by atoms with E-state index in [-0.39, 0.29) is 24.7 Å². The van der Waals surface area contributed by atoms with Crippen LogP contribution < -0.4 is 5.32 Å². The van der Waals surface area contributed by atoms with Gasteiger partial charge in [-0.15, -0.1) is 16.4 Å². The molecule has 1 aliphatic heterocycles. The summed E-state index contributed by atoms with van der Waals surface area (Å²) in [7, 11) is 0. The first kappa shape index (κ1) is 16.3. The van der Waals surface area contributed by atoms with Gasteiger partial charge in [0.1, 0.15) is 5.82 Å². The van der Waals surface area contributed by atoms with Gasteiger partial charge in [-0.1, -0.05) is 6.42 Å². The Bertz CT molecular complexity index is 780. The molecule has 7 nitrogen and oxygen atoms in total. The Hall–Kier alpha value is -2.22. The standard InChI is InChI=1S/C17H21N5O2S/c23-14(18-17-19-16(20-21-17)11-2-1-3-11)4-5-15(24)22-8-6-13-12(10-22)7-9-25-13/h7,9,11H,1-6,8,10H2,(H2,18,19,20,21,23). The molecule has 4 rings (SSSR count). The third-order valence-corrected chi connectivity index (χ3v) is 6.00. The predicted octanol–water partition coefficient (Wildman–Crippen LogP) is 2.44. The SMILES string of the molecule is O=C(CCC(=O)N1CCc2sccc2C1)Nc1n[nH]c(C2CCC2)n1. The van der Waals surface area contributed by atoms with Gasteiger partial charge in [-0.05, 0) is 36.3 Å². The van der Waals surface area contributed by atoms with E-state index in [1.54, 1.807) is 11.3 Å². The Labute approximate surface area is 149 Å². The smallest absolute Gasteiger partial charge is 0.248 e. The third-order valence-electron chi connectivity index (χ3n) is 4.97. The van der Waals surface area contributed by atoms with Crippen LogP contribution in [-0.2, 0) is 22.6 Å². The van der Waals surface area contributed by atoms with E-state index in [1.807, 2.05) is 4.90 Å². The molecule has 3 heterocycles. The van der Waals surface area contributed by atoms with Crippen molar-refractivity contribution in [2.75, 3.05) is 11.9 Å². The van der Waals surface area contributed by atoms with Gasteiger partial charge in [-0.2, -0.15) is 4.98 Å². The highest BCUT2D eigenvalue weighted by atomic mass is 32.1. The lowest BCUT2D eigenvalue weighted by Gasteiger charge is -2.27. The number of thiophene rings is 1. The molecule has 0 radical (unpaired) electrons. The van der Waals surface area contributed by atoms with Gasteiger partial charge in [0.25, 0.3) is 0 Å². The number of anilines is 1. The highest BCUT2D eigenvalue weighted by molar-refractivity contribution is 7.10. The van der Waals surface area contributed by atoms with Crippen LogP contribution in [0.2, 0.25) is 0 Å². The van der Waals surface area contributed by atoms with Crippen LogP contribution in [0.1, 0.15) is 54.3 Å². The van der Waals surface area contributed by atoms with Crippen LogP contribution in [0, 0.1) is 0 Å². The first-order valence-corrected chi connectivity index (χ1v) is 9.62. The number of H-pyrrole nitrogens is 1. The van der Waals surface area contributed by atoms with E-state index >= 15 is 0 Å². The largest absolute Gasteiger partial charge is 0.338 e. The van der Waals surface area contributed by atoms with E-state index in [4.69, 9.17) is 0 Å². The molecule has 2 aromatic heterocycles. The molecule has 0 atom stereocenters. The van der Waals surface area contributed by atoms with Gasteiger partial charge in [-0.3, -0.25) is 20.0 Å². The van der Waals surface area contributed by atoms with Crippen LogP contribution in [-0.4, -0.2) is 38.4 Å². The first-order chi connectivity index (χ1) is 12.2. The minimum Gasteiger partial charge on any atom is -0.338 e. The number of aromatic amines is 1. The van der Waals surface area contributed by atoms with E-state index in [9.17, 15) is 9.59 Å². The maximum Gasteiger partial charge on any atom is 0.248 e. The van der Waals surface area contributed by atoms with Crippen molar-refractivity contribution in [3.05, 3.63) is 27.7 Å². The average Bonchev–Trinajstić information content (AvgIpc) is 3.19. The maximum atomic E-state index is 12.3. The minimum absolute atomic E-state index is 0.0251. The second-order valence-electron chi connectivity index (χ2n) is 6.65. The second kappa shape index (κ2) is 6.95. The fourth-order valence-corrected chi connectivity index (χ4v) is 4.11. The summed E-state index contributed by atoms with van der Waals surface area (Å²) in [5.41, 5.74) is 1.23. The number of carbonyl (C=O) groups excluding carboxylic acids is 2. The Morgan fingerprint density at radius 1 is 1.36 bits per heavy atom. The summed E-state index contributed by atoms with van der Waals surface area (Å²) >= 11 is 1.75. The van der Waals surface area contributed by atoms with E-state index in [0.717, 1.165) is 31.6 Å². The Balaban J connectivity index is 1.24. The monoisotopic (exact) mass is 359 g/mol. The lowest BCUT2D eigenvalue weighted by molar-refractivity contribution is -0.133. The summed E-state index contributed by atoms with van der Waals surface area (Å²) in [6.45, 7) is 1.39. The number of hydrogen-bond donors (Lipinski definition) is 2. The van der Waals surface area contributed by atoms with Gasteiger partial charge in [0.15, 0.2) is 0 Å². The summed E-state index contributed by atoms with van der Waals surface area (Å²) in [5.74, 6) is 1.40. The summed E-state index contributed by atoms with van der Waals surface area (Å²) in [6.07, 6.45) is 4.74. The molecule has 0 unspecified atom stereocenters. The van der Waals surface area contributed by atoms with Crippen LogP contribution in [0.25, 0.3) is 0 Å². The minimum atomic E-state index is -0.222. The Morgan fingerprint density at radius 2 is 2.24 bits per heavy atom. The molecule has 8 heteroatoms. The summed E-state index contributed by atoms with van der Waals surface area (Å²) in [6, 6.07) is 2.08. The van der Waals surface area contributed by atoms with Crippen LogP contribution in [0.15, 0.2) is 11.4 Å². The molecule has 2 amide bonds. The molecule has 25 heavy (non-hydrogen) atoms. The van der Waals surface area contributed by atoms with Gasteiger partial charge >= 0.3 is 0 Å². The fourth-order valence-electron chi connectivity index (χ4n) is 3.22. The van der Waals surface area contributed by atoms with E-state index in [1.165, 1.54) is 16.9 Å². The van der Waals surface area contributed by atoms with Gasteiger partial charge < -0.3 is 4.90 Å². The van der Waals surface area contributed by atoms with Crippen molar-refractivity contribution in [1.82, 2.24) is 20.1 Å². The molecule has 2 N–H and O–H groups in total. The number of amides is 2. The highest BCUT2D eigenvalue weighted by Gasteiger charge is 2.24. The summed E-state index contributed by atoms with van der Waals surface area (Å²) in [5, 5.41) is 11.7. The van der Waals surface area contributed by atoms with Crippen molar-refractivity contribution in [1.29, 1.82) is 0 Å². The number of nitrogens with zero attached hydrogens (tertiary/aromatic N) is 3. The zero-order valence-corrected chi connectivity index (χ0v) is 14.8. The lowest BCUT2D eigenvalue weighted by Crippen LogP contribution is -2.35. The highest BCUT2D eigenvalue weighted by Crippen LogP contribution is 2.34. The number of aromatic nitrogens is 3. The van der Waals surface area contributed by atoms with Gasteiger partial charge in [0, 0.05) is 36.7 Å². The van der Waals surface area contributed by atoms with Gasteiger partial charge in [0.05, 0.1) is 0 Å². The molecular formula is C17H21N5O2S. The van der Waals surface area contributed by atoms with Crippen molar-refractivity contribution in [2.24, 2.45) is 0 Å². The number of carbonyl (C=O) groups is 2. The summed E-state index contributed by atoms with van der Waals surface area (Å²) < 4.78 is 0. The normalized spacial score (nSPS) is 17.0. The Morgan fingerprint density at radius 3 is 3.04 bits per heavy atom. The zero-order chi connectivity index (χ0) is 17.2. The van der Waals surface area contributed by atoms with Crippen molar-refractivity contribution in [2.45, 2.75) is 51.0 Å². The van der Waals surface area contributed by atoms with Crippen molar-refractivity contribution in [3.63, 3.8) is 0 Å². The summed E-state index contributed by atoms with van der Waals surface area (Å²) in [4.78, 5) is 31.9. The third kappa shape index (κ3) is 3.58. The van der Waals surface area contributed by atoms with E-state index < -0.39 is 0 Å². The average molecular weight is 359 g/mol. The van der Waals surface area contributed by atoms with Gasteiger partial charge in [0.2, 0.25) is 17.8 Å². The second-order valence-corrected chi connectivity index (χ2v) is 7.66. The molecule has 0 spiro atoms. The van der Waals surface area contributed by atoms with E-state index in [0.29, 0.717) is 18.4 Å². The molecule has 2 aliphatic rings. The molecule has 2 aromatic rings. The molecular weight excluding hydrogens is 338 g/mol. The van der Waals surface area contributed by atoms with Gasteiger partial charge in [-0.25, -0.2) is 0 Å². The number of rotatable bonds is 5. The van der Waals surface area contributed by atoms with Crippen molar-refractivity contribution >= 4 is 29.1 Å². The topological polar surface area (TPSA) is 91.0 Å². The van der Waals surface area contributed by atoms with Crippen molar-refractivity contribution in [3.8, 4) is 0 Å². The molecule has 1 saturated carbocycles. The number of hydrogen-bond acceptors (Lipinski definition) is 5. The Kier molecular flexibility index (Phi) is 4.52. The van der Waals surface area contributed by atoms with Crippen LogP contribution in [0.4, 0.5) is 5.95 Å². The molecule has 1 aliphatic carbocycles. The molecule has 1 fully saturated rings. The lowest BCUT2D eigenvalue weighted by atomic mass is 9.85. The molecule has 0 bridgehead atoms. The van der Waals surface area contributed by atoms with Crippen molar-refractivity contribution < 1.29 is 9.59 Å². The van der Waals surface area contributed by atoms with Crippen LogP contribution in [0.5, 0.6) is 0 Å². The maximum absolute atomic E-state index is 12.3. The predicted molar refractivity (Wildman–Crippen MR) is 94.3 cm³/mol. The first-order valence-electron chi connectivity index (χ1n) is 8.74. The number of fused-ring (bicyclic) bond motifs is 1.